The maximum absolute atomic E-state index is 12.2. The standard InChI is InChI=1S/C17H21ClN6O3S/c1-17(2,22-23-19)14-9-21-16(13-8-20-15(18)7-12(13)14)27-10-5-11(6-10)28(25,26)24(3)4/h7-11H,5-6H2,1-4H3. The molecular weight excluding hydrogens is 404 g/mol. The fourth-order valence-electron chi connectivity index (χ4n) is 3.15. The Morgan fingerprint density at radius 1 is 1.29 bits per heavy atom. The zero-order chi connectivity index (χ0) is 20.7. The van der Waals surface area contributed by atoms with Crippen LogP contribution in [0.2, 0.25) is 5.15 Å². The molecule has 0 saturated heterocycles. The fraction of sp³-hybridized carbons (Fsp3) is 0.529. The fourth-order valence-corrected chi connectivity index (χ4v) is 4.82. The van der Waals surface area contributed by atoms with E-state index in [1.165, 1.54) is 18.4 Å². The van der Waals surface area contributed by atoms with E-state index in [-0.39, 0.29) is 6.10 Å². The quantitative estimate of drug-likeness (QED) is 0.303. The summed E-state index contributed by atoms with van der Waals surface area (Å²) in [6, 6.07) is 1.68. The van der Waals surface area contributed by atoms with Crippen molar-refractivity contribution in [3.05, 3.63) is 39.6 Å². The van der Waals surface area contributed by atoms with Gasteiger partial charge in [-0.2, -0.15) is 0 Å². The van der Waals surface area contributed by atoms with Crippen molar-refractivity contribution in [1.82, 2.24) is 14.3 Å². The first-order valence-electron chi connectivity index (χ1n) is 8.65. The van der Waals surface area contributed by atoms with Gasteiger partial charge in [-0.15, -0.1) is 0 Å². The molecule has 0 bridgehead atoms. The molecule has 0 amide bonds. The van der Waals surface area contributed by atoms with Crippen molar-refractivity contribution in [2.45, 2.75) is 43.6 Å². The average molecular weight is 425 g/mol. The van der Waals surface area contributed by atoms with E-state index >= 15 is 0 Å². The van der Waals surface area contributed by atoms with Gasteiger partial charge in [-0.05, 0) is 22.5 Å². The van der Waals surface area contributed by atoms with Crippen LogP contribution in [0.25, 0.3) is 21.2 Å². The van der Waals surface area contributed by atoms with Crippen molar-refractivity contribution in [2.75, 3.05) is 14.1 Å². The molecular formula is C17H21ClN6O3S. The third-order valence-electron chi connectivity index (χ3n) is 4.92. The van der Waals surface area contributed by atoms with Gasteiger partial charge >= 0.3 is 0 Å². The molecule has 0 N–H and O–H groups in total. The van der Waals surface area contributed by atoms with Crippen LogP contribution in [0.1, 0.15) is 32.3 Å². The Balaban J connectivity index is 1.92. The van der Waals surface area contributed by atoms with E-state index < -0.39 is 20.8 Å². The number of rotatable bonds is 6. The van der Waals surface area contributed by atoms with Crippen LogP contribution in [0.4, 0.5) is 0 Å². The number of nitrogens with zero attached hydrogens (tertiary/aromatic N) is 6. The van der Waals surface area contributed by atoms with Crippen LogP contribution in [0.15, 0.2) is 23.6 Å². The van der Waals surface area contributed by atoms with Crippen LogP contribution in [0, 0.1) is 0 Å². The topological polar surface area (TPSA) is 121 Å². The summed E-state index contributed by atoms with van der Waals surface area (Å²) >= 11 is 6.07. The summed E-state index contributed by atoms with van der Waals surface area (Å²) in [4.78, 5) is 11.4. The SMILES string of the molecule is CN(C)S(=O)(=O)C1CC(Oc2ncc(C(C)(C)N=[N+]=[N-])c3cc(Cl)ncc23)C1. The molecule has 0 aromatic carbocycles. The molecule has 1 aliphatic rings. The third kappa shape index (κ3) is 3.73. The number of sulfonamides is 1. The molecule has 1 fully saturated rings. The maximum atomic E-state index is 12.2. The Hall–Kier alpha value is -2.13. The number of aromatic nitrogens is 2. The number of halogens is 1. The second kappa shape index (κ2) is 7.36. The van der Waals surface area contributed by atoms with Crippen LogP contribution in [0.3, 0.4) is 0 Å². The van der Waals surface area contributed by atoms with Gasteiger partial charge in [0.2, 0.25) is 15.9 Å². The van der Waals surface area contributed by atoms with Gasteiger partial charge in [0.15, 0.2) is 0 Å². The lowest BCUT2D eigenvalue weighted by molar-refractivity contribution is 0.117. The van der Waals surface area contributed by atoms with E-state index in [4.69, 9.17) is 21.9 Å². The zero-order valence-electron chi connectivity index (χ0n) is 16.0. The second-order valence-corrected chi connectivity index (χ2v) is 10.3. The molecule has 0 spiro atoms. The third-order valence-corrected chi connectivity index (χ3v) is 7.37. The van der Waals surface area contributed by atoms with E-state index in [2.05, 4.69) is 20.0 Å². The Bertz CT molecular complexity index is 1060. The van der Waals surface area contributed by atoms with Crippen molar-refractivity contribution in [1.29, 1.82) is 0 Å². The van der Waals surface area contributed by atoms with Gasteiger partial charge in [0, 0.05) is 44.2 Å². The minimum Gasteiger partial charge on any atom is -0.474 e. The molecule has 150 valence electrons. The van der Waals surface area contributed by atoms with Crippen molar-refractivity contribution in [3.63, 3.8) is 0 Å². The second-order valence-electron chi connectivity index (χ2n) is 7.44. The van der Waals surface area contributed by atoms with Crippen LogP contribution in [-0.4, -0.2) is 48.1 Å². The molecule has 28 heavy (non-hydrogen) atoms. The summed E-state index contributed by atoms with van der Waals surface area (Å²) in [5, 5.41) is 5.04. The Kier molecular flexibility index (Phi) is 5.42. The Morgan fingerprint density at radius 2 is 1.96 bits per heavy atom. The summed E-state index contributed by atoms with van der Waals surface area (Å²) in [6.45, 7) is 3.56. The van der Waals surface area contributed by atoms with Gasteiger partial charge in [0.1, 0.15) is 11.3 Å². The maximum Gasteiger partial charge on any atom is 0.223 e. The van der Waals surface area contributed by atoms with Gasteiger partial charge in [0.05, 0.1) is 16.2 Å². The normalized spacial score (nSPS) is 19.9. The lowest BCUT2D eigenvalue weighted by Crippen LogP contribution is -2.47. The first kappa shape index (κ1) is 20.6. The number of pyridine rings is 2. The molecule has 1 aliphatic carbocycles. The monoisotopic (exact) mass is 424 g/mol. The molecule has 0 aliphatic heterocycles. The summed E-state index contributed by atoms with van der Waals surface area (Å²) in [6.07, 6.45) is 3.70. The predicted octanol–water partition coefficient (Wildman–Crippen LogP) is 3.63. The molecule has 9 nitrogen and oxygen atoms in total. The summed E-state index contributed by atoms with van der Waals surface area (Å²) in [7, 11) is -0.237. The summed E-state index contributed by atoms with van der Waals surface area (Å²) in [5.74, 6) is 0.352. The van der Waals surface area contributed by atoms with Crippen LogP contribution < -0.4 is 4.74 Å². The number of fused-ring (bicyclic) bond motifs is 1. The van der Waals surface area contributed by atoms with Crippen LogP contribution >= 0.6 is 11.6 Å². The number of ether oxygens (including phenoxy) is 1. The molecule has 11 heteroatoms. The lowest BCUT2D eigenvalue weighted by atomic mass is 9.92. The zero-order valence-corrected chi connectivity index (χ0v) is 17.6. The highest BCUT2D eigenvalue weighted by Crippen LogP contribution is 2.38. The molecule has 0 unspecified atom stereocenters. The van der Waals surface area contributed by atoms with Gasteiger partial charge < -0.3 is 4.74 Å². The molecule has 2 aromatic rings. The minimum atomic E-state index is -3.29. The van der Waals surface area contributed by atoms with Crippen molar-refractivity contribution in [3.8, 4) is 5.88 Å². The highest BCUT2D eigenvalue weighted by atomic mass is 35.5. The van der Waals surface area contributed by atoms with Gasteiger partial charge in [-0.25, -0.2) is 22.7 Å². The first-order chi connectivity index (χ1) is 13.1. The highest BCUT2D eigenvalue weighted by molar-refractivity contribution is 7.89. The number of hydrogen-bond donors (Lipinski definition) is 0. The Morgan fingerprint density at radius 3 is 2.57 bits per heavy atom. The van der Waals surface area contributed by atoms with Gasteiger partial charge in [-0.3, -0.25) is 0 Å². The smallest absolute Gasteiger partial charge is 0.223 e. The van der Waals surface area contributed by atoms with Crippen molar-refractivity contribution >= 4 is 32.4 Å². The number of hydrogen-bond acceptors (Lipinski definition) is 6. The van der Waals surface area contributed by atoms with E-state index in [1.807, 2.05) is 0 Å². The molecule has 2 heterocycles. The summed E-state index contributed by atoms with van der Waals surface area (Å²) < 4.78 is 31.5. The molecule has 0 radical (unpaired) electrons. The van der Waals surface area contributed by atoms with Crippen molar-refractivity contribution in [2.24, 2.45) is 5.11 Å². The minimum absolute atomic E-state index is 0.248. The van der Waals surface area contributed by atoms with E-state index in [0.29, 0.717) is 34.8 Å². The predicted molar refractivity (Wildman–Crippen MR) is 107 cm³/mol. The largest absolute Gasteiger partial charge is 0.474 e. The van der Waals surface area contributed by atoms with Gasteiger partial charge in [-0.1, -0.05) is 30.6 Å². The van der Waals surface area contributed by atoms with Crippen LogP contribution in [-0.2, 0) is 15.6 Å². The molecule has 2 aromatic heterocycles. The Labute approximate surface area is 168 Å². The average Bonchev–Trinajstić information content (AvgIpc) is 2.56. The van der Waals surface area contributed by atoms with E-state index in [9.17, 15) is 8.42 Å². The summed E-state index contributed by atoms with van der Waals surface area (Å²) in [5.41, 5.74) is 8.71. The molecule has 0 atom stereocenters. The van der Waals surface area contributed by atoms with E-state index in [1.54, 1.807) is 32.3 Å². The first-order valence-corrected chi connectivity index (χ1v) is 10.5. The van der Waals surface area contributed by atoms with Crippen LogP contribution in [0.5, 0.6) is 5.88 Å². The molecule has 1 saturated carbocycles. The molecule has 3 rings (SSSR count). The lowest BCUT2D eigenvalue weighted by Gasteiger charge is -2.36. The number of azide groups is 1. The van der Waals surface area contributed by atoms with E-state index in [0.717, 1.165) is 5.39 Å². The highest BCUT2D eigenvalue weighted by Gasteiger charge is 2.41. The van der Waals surface area contributed by atoms with Gasteiger partial charge in [0.25, 0.3) is 0 Å². The van der Waals surface area contributed by atoms with Crippen molar-refractivity contribution < 1.29 is 13.2 Å².